The third-order valence-electron chi connectivity index (χ3n) is 2.07. The molecule has 1 aromatic carbocycles. The van der Waals surface area contributed by atoms with Crippen LogP contribution in [-0.4, -0.2) is 24.2 Å². The Balaban J connectivity index is 2.43. The second-order valence-electron chi connectivity index (χ2n) is 3.35. The summed E-state index contributed by atoms with van der Waals surface area (Å²) in [5.74, 6) is -0.0801. The highest BCUT2D eigenvalue weighted by Crippen LogP contribution is 2.10. The maximum Gasteiger partial charge on any atom is 0.226 e. The Morgan fingerprint density at radius 3 is 3.00 bits per heavy atom. The number of rotatable bonds is 6. The van der Waals surface area contributed by atoms with Gasteiger partial charge < -0.3 is 15.2 Å². The van der Waals surface area contributed by atoms with Gasteiger partial charge in [-0.2, -0.15) is 0 Å². The molecule has 0 aliphatic carbocycles. The normalized spacial score (nSPS) is 10.1. The van der Waals surface area contributed by atoms with Crippen LogP contribution in [0, 0.1) is 0 Å². The summed E-state index contributed by atoms with van der Waals surface area (Å²) in [4.78, 5) is 11.4. The minimum atomic E-state index is -0.0801. The van der Waals surface area contributed by atoms with Crippen LogP contribution in [0.5, 0.6) is 0 Å². The maximum atomic E-state index is 11.4. The first-order valence-electron chi connectivity index (χ1n) is 5.33. The number of carbonyl (C=O) groups excluding carboxylic acids is 1. The van der Waals surface area contributed by atoms with E-state index in [0.717, 1.165) is 5.56 Å². The molecule has 0 aromatic heterocycles. The Bertz CT molecular complexity index is 339. The zero-order chi connectivity index (χ0) is 11.8. The highest BCUT2D eigenvalue weighted by molar-refractivity contribution is 5.90. The number of amides is 1. The number of nitrogens with one attached hydrogen (secondary N) is 1. The molecule has 4 heteroatoms. The molecule has 88 valence electrons. The number of ether oxygens (including phenoxy) is 1. The maximum absolute atomic E-state index is 11.4. The molecular weight excluding hydrogens is 206 g/mol. The summed E-state index contributed by atoms with van der Waals surface area (Å²) in [7, 11) is 0. The van der Waals surface area contributed by atoms with Crippen molar-refractivity contribution in [2.24, 2.45) is 0 Å². The van der Waals surface area contributed by atoms with Gasteiger partial charge in [-0.15, -0.1) is 0 Å². The van der Waals surface area contributed by atoms with Crippen LogP contribution in [-0.2, 0) is 16.1 Å². The molecule has 0 heterocycles. The summed E-state index contributed by atoms with van der Waals surface area (Å²) >= 11 is 0. The minimum Gasteiger partial charge on any atom is -0.392 e. The lowest BCUT2D eigenvalue weighted by Gasteiger charge is -2.06. The predicted molar refractivity (Wildman–Crippen MR) is 62.1 cm³/mol. The van der Waals surface area contributed by atoms with Gasteiger partial charge in [0, 0.05) is 12.3 Å². The lowest BCUT2D eigenvalue weighted by Crippen LogP contribution is -2.14. The largest absolute Gasteiger partial charge is 0.392 e. The van der Waals surface area contributed by atoms with Gasteiger partial charge in [-0.05, 0) is 24.6 Å². The first kappa shape index (κ1) is 12.7. The Morgan fingerprint density at radius 2 is 2.31 bits per heavy atom. The molecule has 0 saturated carbocycles. The fraction of sp³-hybridized carbons (Fsp3) is 0.417. The van der Waals surface area contributed by atoms with Crippen molar-refractivity contribution < 1.29 is 14.6 Å². The fourth-order valence-electron chi connectivity index (χ4n) is 1.28. The van der Waals surface area contributed by atoms with E-state index in [1.54, 1.807) is 24.3 Å². The number of aliphatic hydroxyl groups is 1. The van der Waals surface area contributed by atoms with Gasteiger partial charge in [-0.3, -0.25) is 4.79 Å². The summed E-state index contributed by atoms with van der Waals surface area (Å²) in [5, 5.41) is 11.7. The van der Waals surface area contributed by atoms with E-state index < -0.39 is 0 Å². The van der Waals surface area contributed by atoms with E-state index in [1.165, 1.54) is 0 Å². The highest BCUT2D eigenvalue weighted by Gasteiger charge is 2.02. The van der Waals surface area contributed by atoms with E-state index in [4.69, 9.17) is 9.84 Å². The molecular formula is C12H17NO3. The molecule has 0 aliphatic heterocycles. The lowest BCUT2D eigenvalue weighted by atomic mass is 10.2. The van der Waals surface area contributed by atoms with Crippen LogP contribution in [0.15, 0.2) is 24.3 Å². The van der Waals surface area contributed by atoms with E-state index in [2.05, 4.69) is 5.32 Å². The monoisotopic (exact) mass is 223 g/mol. The van der Waals surface area contributed by atoms with Gasteiger partial charge >= 0.3 is 0 Å². The van der Waals surface area contributed by atoms with Gasteiger partial charge in [0.05, 0.1) is 19.6 Å². The Morgan fingerprint density at radius 1 is 1.50 bits per heavy atom. The van der Waals surface area contributed by atoms with Crippen LogP contribution in [0.1, 0.15) is 18.9 Å². The molecule has 4 nitrogen and oxygen atoms in total. The molecule has 0 radical (unpaired) electrons. The molecule has 1 aromatic rings. The lowest BCUT2D eigenvalue weighted by molar-refractivity contribution is -0.117. The quantitative estimate of drug-likeness (QED) is 0.719. The summed E-state index contributed by atoms with van der Waals surface area (Å²) in [6, 6.07) is 7.13. The highest BCUT2D eigenvalue weighted by atomic mass is 16.5. The number of anilines is 1. The smallest absolute Gasteiger partial charge is 0.226 e. The van der Waals surface area contributed by atoms with Crippen molar-refractivity contribution in [1.29, 1.82) is 0 Å². The number of hydrogen-bond acceptors (Lipinski definition) is 3. The zero-order valence-electron chi connectivity index (χ0n) is 9.40. The van der Waals surface area contributed by atoms with E-state index in [0.29, 0.717) is 25.3 Å². The van der Waals surface area contributed by atoms with Crippen LogP contribution < -0.4 is 5.32 Å². The second-order valence-corrected chi connectivity index (χ2v) is 3.35. The van der Waals surface area contributed by atoms with Gasteiger partial charge in [0.25, 0.3) is 0 Å². The molecule has 0 saturated heterocycles. The summed E-state index contributed by atoms with van der Waals surface area (Å²) < 4.78 is 5.09. The van der Waals surface area contributed by atoms with Gasteiger partial charge in [-0.25, -0.2) is 0 Å². The Kier molecular flexibility index (Phi) is 5.53. The van der Waals surface area contributed by atoms with Crippen LogP contribution in [0.3, 0.4) is 0 Å². The Labute approximate surface area is 95.2 Å². The molecule has 0 spiro atoms. The third-order valence-corrected chi connectivity index (χ3v) is 2.07. The molecule has 1 amide bonds. The van der Waals surface area contributed by atoms with E-state index in [1.807, 2.05) is 6.92 Å². The molecule has 16 heavy (non-hydrogen) atoms. The minimum absolute atomic E-state index is 0.0251. The molecule has 0 atom stereocenters. The predicted octanol–water partition coefficient (Wildman–Crippen LogP) is 1.54. The molecule has 1 rings (SSSR count). The SMILES string of the molecule is CCOCCC(=O)Nc1cccc(CO)c1. The molecule has 0 fully saturated rings. The number of carbonyl (C=O) groups is 1. The van der Waals surface area contributed by atoms with Crippen molar-refractivity contribution in [3.05, 3.63) is 29.8 Å². The van der Waals surface area contributed by atoms with Crippen LogP contribution >= 0.6 is 0 Å². The topological polar surface area (TPSA) is 58.6 Å². The van der Waals surface area contributed by atoms with Gasteiger partial charge in [0.1, 0.15) is 0 Å². The van der Waals surface area contributed by atoms with Crippen LogP contribution in [0.4, 0.5) is 5.69 Å². The van der Waals surface area contributed by atoms with E-state index in [9.17, 15) is 4.79 Å². The van der Waals surface area contributed by atoms with Crippen molar-refractivity contribution in [3.8, 4) is 0 Å². The zero-order valence-corrected chi connectivity index (χ0v) is 9.40. The van der Waals surface area contributed by atoms with Crippen LogP contribution in [0.2, 0.25) is 0 Å². The van der Waals surface area contributed by atoms with E-state index >= 15 is 0 Å². The van der Waals surface area contributed by atoms with Gasteiger partial charge in [-0.1, -0.05) is 12.1 Å². The fourth-order valence-corrected chi connectivity index (χ4v) is 1.28. The average Bonchev–Trinajstić information content (AvgIpc) is 2.29. The number of hydrogen-bond donors (Lipinski definition) is 2. The second kappa shape index (κ2) is 6.98. The molecule has 2 N–H and O–H groups in total. The van der Waals surface area contributed by atoms with Gasteiger partial charge in [0.2, 0.25) is 5.91 Å². The van der Waals surface area contributed by atoms with E-state index in [-0.39, 0.29) is 12.5 Å². The van der Waals surface area contributed by atoms with Crippen molar-refractivity contribution >= 4 is 11.6 Å². The summed E-state index contributed by atoms with van der Waals surface area (Å²) in [6.07, 6.45) is 0.344. The van der Waals surface area contributed by atoms with Gasteiger partial charge in [0.15, 0.2) is 0 Å². The summed E-state index contributed by atoms with van der Waals surface area (Å²) in [6.45, 7) is 2.92. The third kappa shape index (κ3) is 4.42. The van der Waals surface area contributed by atoms with Crippen molar-refractivity contribution in [2.45, 2.75) is 20.0 Å². The number of benzene rings is 1. The molecule has 0 aliphatic rings. The standard InChI is InChI=1S/C12H17NO3/c1-2-16-7-6-12(15)13-11-5-3-4-10(8-11)9-14/h3-5,8,14H,2,6-7,9H2,1H3,(H,13,15). The first-order chi connectivity index (χ1) is 7.76. The Hall–Kier alpha value is -1.39. The van der Waals surface area contributed by atoms with Crippen LogP contribution in [0.25, 0.3) is 0 Å². The summed E-state index contributed by atoms with van der Waals surface area (Å²) in [5.41, 5.74) is 1.48. The van der Waals surface area contributed by atoms with Crippen molar-refractivity contribution in [3.63, 3.8) is 0 Å². The van der Waals surface area contributed by atoms with Crippen molar-refractivity contribution in [1.82, 2.24) is 0 Å². The number of aliphatic hydroxyl groups excluding tert-OH is 1. The molecule has 0 bridgehead atoms. The molecule has 0 unspecified atom stereocenters. The van der Waals surface area contributed by atoms with Crippen molar-refractivity contribution in [2.75, 3.05) is 18.5 Å². The first-order valence-corrected chi connectivity index (χ1v) is 5.33. The average molecular weight is 223 g/mol.